The molecule has 6 aromatic rings. The molecule has 1 saturated heterocycles. The summed E-state index contributed by atoms with van der Waals surface area (Å²) in [7, 11) is -0.869. The highest BCUT2D eigenvalue weighted by Crippen LogP contribution is 2.60. The maximum absolute atomic E-state index is 15.4. The number of methoxy groups -OCH3 is 1. The predicted octanol–water partition coefficient (Wildman–Crippen LogP) is 7.46. The van der Waals surface area contributed by atoms with Gasteiger partial charge in [0.25, 0.3) is 5.91 Å². The molecule has 1 fully saturated rings. The van der Waals surface area contributed by atoms with Gasteiger partial charge in [0.15, 0.2) is 5.60 Å². The molecule has 3 aliphatic heterocycles. The second kappa shape index (κ2) is 16.1. The Balaban J connectivity index is 1.02. The first-order valence-electron chi connectivity index (χ1n) is 21.2. The van der Waals surface area contributed by atoms with Crippen LogP contribution >= 0.6 is 0 Å². The molecule has 9 rings (SSSR count). The maximum atomic E-state index is 15.4. The van der Waals surface area contributed by atoms with E-state index in [0.29, 0.717) is 18.7 Å². The molecule has 5 aromatic carbocycles. The van der Waals surface area contributed by atoms with E-state index in [1.165, 1.54) is 5.19 Å². The van der Waals surface area contributed by atoms with E-state index in [-0.39, 0.29) is 61.2 Å². The lowest BCUT2D eigenvalue weighted by atomic mass is 9.82. The van der Waals surface area contributed by atoms with Crippen molar-refractivity contribution in [1.29, 1.82) is 0 Å². The van der Waals surface area contributed by atoms with Gasteiger partial charge in [0.1, 0.15) is 5.75 Å². The molecule has 3 aliphatic rings. The summed E-state index contributed by atoms with van der Waals surface area (Å²) in [5.74, 6) is 0.0898. The minimum absolute atomic E-state index is 0.0811. The number of H-pyrrole nitrogens is 1. The fourth-order valence-corrected chi connectivity index (χ4v) is 14.6. The number of nitrogens with zero attached hydrogens (tertiary/aromatic N) is 2. The van der Waals surface area contributed by atoms with Crippen molar-refractivity contribution in [2.45, 2.75) is 75.7 Å². The Morgan fingerprint density at radius 3 is 2.46 bits per heavy atom. The lowest BCUT2D eigenvalue weighted by Gasteiger charge is -2.39. The predicted molar refractivity (Wildman–Crippen MR) is 240 cm³/mol. The van der Waals surface area contributed by atoms with E-state index in [2.05, 4.69) is 48.5 Å². The number of aliphatic hydroxyl groups excluding tert-OH is 1. The van der Waals surface area contributed by atoms with Crippen LogP contribution in [0, 0.1) is 5.92 Å². The molecule has 4 heterocycles. The quantitative estimate of drug-likeness (QED) is 0.117. The molecule has 0 saturated carbocycles. The van der Waals surface area contributed by atoms with Crippen LogP contribution in [0.1, 0.15) is 41.2 Å². The number of carbonyl (C=O) groups is 3. The Labute approximate surface area is 357 Å². The number of benzene rings is 5. The van der Waals surface area contributed by atoms with Crippen molar-refractivity contribution >= 4 is 53.3 Å². The molecule has 3 amide bonds. The molecule has 3 N–H and O–H groups in total. The standard InChI is InChI=1S/C50H52N4O6Si/c1-32-48(61(3,4)40-22-20-39(59-2)21-23-40)45(27-47(57)53-30-35-14-6-5-13-34(35)25-38(53)31-55)60-50(32)42-17-8-10-19-44(42)54(49(50)58)29-33-12-11-15-37(24-33)52-46(56)26-36-28-51-43-18-9-7-16-41(36)43/h5-24,28,32,38,45,48,51,55H,25-27,29-31H2,1-4H3,(H,52,56)/t32-,38-,45+,48-,50+/m0/s1. The third kappa shape index (κ3) is 7.14. The van der Waals surface area contributed by atoms with Gasteiger partial charge in [-0.3, -0.25) is 14.4 Å². The van der Waals surface area contributed by atoms with Crippen LogP contribution in [0.25, 0.3) is 10.9 Å². The molecule has 11 heteroatoms. The maximum Gasteiger partial charge on any atom is 0.264 e. The Bertz CT molecular complexity index is 2620. The van der Waals surface area contributed by atoms with E-state index in [0.717, 1.165) is 50.2 Å². The number of hydrogen-bond donors (Lipinski definition) is 3. The number of hydrogen-bond acceptors (Lipinski definition) is 6. The number of ether oxygens (including phenoxy) is 2. The fraction of sp³-hybridized carbons (Fsp3) is 0.300. The van der Waals surface area contributed by atoms with E-state index in [4.69, 9.17) is 9.47 Å². The molecule has 10 nitrogen and oxygen atoms in total. The minimum atomic E-state index is -2.52. The van der Waals surface area contributed by atoms with Crippen LogP contribution in [0.2, 0.25) is 18.6 Å². The number of carbonyl (C=O) groups excluding carboxylic acids is 3. The number of aromatic nitrogens is 1. The largest absolute Gasteiger partial charge is 0.497 e. The second-order valence-corrected chi connectivity index (χ2v) is 22.1. The van der Waals surface area contributed by atoms with Crippen LogP contribution in [0.15, 0.2) is 128 Å². The van der Waals surface area contributed by atoms with Gasteiger partial charge in [-0.15, -0.1) is 0 Å². The molecule has 312 valence electrons. The van der Waals surface area contributed by atoms with Crippen molar-refractivity contribution in [3.8, 4) is 5.75 Å². The van der Waals surface area contributed by atoms with E-state index in [1.807, 2.05) is 119 Å². The van der Waals surface area contributed by atoms with Gasteiger partial charge < -0.3 is 34.7 Å². The first-order valence-corrected chi connectivity index (χ1v) is 24.2. The van der Waals surface area contributed by atoms with Crippen LogP contribution in [0.4, 0.5) is 11.4 Å². The number of fused-ring (bicyclic) bond motifs is 4. The second-order valence-electron chi connectivity index (χ2n) is 17.4. The van der Waals surface area contributed by atoms with Crippen molar-refractivity contribution in [1.82, 2.24) is 9.88 Å². The molecular weight excluding hydrogens is 781 g/mol. The number of para-hydroxylation sites is 2. The number of aromatic amines is 1. The summed E-state index contributed by atoms with van der Waals surface area (Å²) in [4.78, 5) is 50.2. The summed E-state index contributed by atoms with van der Waals surface area (Å²) >= 11 is 0. The summed E-state index contributed by atoms with van der Waals surface area (Å²) in [6.07, 6.45) is 2.18. The highest BCUT2D eigenvalue weighted by Gasteiger charge is 2.66. The van der Waals surface area contributed by atoms with Crippen LogP contribution in [-0.4, -0.2) is 66.6 Å². The first kappa shape index (κ1) is 40.4. The van der Waals surface area contributed by atoms with Gasteiger partial charge in [0.05, 0.1) is 59.0 Å². The molecule has 1 aromatic heterocycles. The normalized spacial score (nSPS) is 22.1. The SMILES string of the molecule is COc1ccc([Si](C)(C)[C@@H]2[C@@H](CC(=O)N3Cc4ccccc4C[C@H]3CO)O[C@]3(C(=O)N(Cc4cccc(NC(=O)Cc5c[nH]c6ccccc56)c4)c4ccccc43)[C@H]2C)cc1. The Morgan fingerprint density at radius 1 is 0.934 bits per heavy atom. The number of anilines is 2. The Morgan fingerprint density at radius 2 is 1.67 bits per heavy atom. The van der Waals surface area contributed by atoms with Gasteiger partial charge in [0, 0.05) is 40.8 Å². The van der Waals surface area contributed by atoms with E-state index >= 15 is 4.79 Å². The number of amides is 3. The summed E-state index contributed by atoms with van der Waals surface area (Å²) < 4.78 is 12.8. The van der Waals surface area contributed by atoms with Crippen molar-refractivity contribution in [2.75, 3.05) is 23.9 Å². The monoisotopic (exact) mass is 832 g/mol. The lowest BCUT2D eigenvalue weighted by Crippen LogP contribution is -2.52. The number of rotatable bonds is 11. The van der Waals surface area contributed by atoms with Gasteiger partial charge in [-0.2, -0.15) is 0 Å². The van der Waals surface area contributed by atoms with Gasteiger partial charge in [-0.05, 0) is 70.6 Å². The van der Waals surface area contributed by atoms with Crippen LogP contribution in [0.5, 0.6) is 5.75 Å². The smallest absolute Gasteiger partial charge is 0.264 e. The average molecular weight is 833 g/mol. The highest BCUT2D eigenvalue weighted by molar-refractivity contribution is 6.91. The summed E-state index contributed by atoms with van der Waals surface area (Å²) in [5, 5.41) is 15.8. The van der Waals surface area contributed by atoms with Gasteiger partial charge in [-0.25, -0.2) is 0 Å². The molecule has 0 unspecified atom stereocenters. The zero-order chi connectivity index (χ0) is 42.5. The summed E-state index contributed by atoms with van der Waals surface area (Å²) in [6, 6.07) is 39.4. The zero-order valence-electron chi connectivity index (χ0n) is 35.1. The fourth-order valence-electron chi connectivity index (χ4n) is 10.5. The average Bonchev–Trinajstić information content (AvgIpc) is 3.89. The zero-order valence-corrected chi connectivity index (χ0v) is 36.1. The first-order chi connectivity index (χ1) is 29.5. The summed E-state index contributed by atoms with van der Waals surface area (Å²) in [6.45, 7) is 7.28. The van der Waals surface area contributed by atoms with Crippen molar-refractivity contribution in [2.24, 2.45) is 5.92 Å². The molecule has 61 heavy (non-hydrogen) atoms. The van der Waals surface area contributed by atoms with Crippen LogP contribution in [0.3, 0.4) is 0 Å². The van der Waals surface area contributed by atoms with Crippen molar-refractivity contribution in [3.63, 3.8) is 0 Å². The van der Waals surface area contributed by atoms with E-state index in [1.54, 1.807) is 7.11 Å². The van der Waals surface area contributed by atoms with Gasteiger partial charge in [0.2, 0.25) is 11.8 Å². The molecule has 0 bridgehead atoms. The van der Waals surface area contributed by atoms with E-state index in [9.17, 15) is 14.7 Å². The topological polar surface area (TPSA) is 124 Å². The number of aliphatic hydroxyl groups is 1. The molecule has 0 radical (unpaired) electrons. The highest BCUT2D eigenvalue weighted by atomic mass is 28.3. The lowest BCUT2D eigenvalue weighted by molar-refractivity contribution is -0.151. The Hall–Kier alpha value is -6.01. The number of nitrogens with one attached hydrogen (secondary N) is 2. The molecule has 0 aliphatic carbocycles. The summed E-state index contributed by atoms with van der Waals surface area (Å²) in [5.41, 5.74) is 5.74. The van der Waals surface area contributed by atoms with Gasteiger partial charge >= 0.3 is 0 Å². The third-order valence-corrected chi connectivity index (χ3v) is 17.9. The molecule has 5 atom stereocenters. The third-order valence-electron chi connectivity index (χ3n) is 13.6. The van der Waals surface area contributed by atoms with E-state index < -0.39 is 19.8 Å². The minimum Gasteiger partial charge on any atom is -0.497 e. The van der Waals surface area contributed by atoms with Crippen molar-refractivity contribution < 1.29 is 29.0 Å². The van der Waals surface area contributed by atoms with Crippen molar-refractivity contribution in [3.05, 3.63) is 155 Å². The molecule has 1 spiro atoms. The van der Waals surface area contributed by atoms with Gasteiger partial charge in [-0.1, -0.05) is 110 Å². The van der Waals surface area contributed by atoms with Crippen LogP contribution < -0.4 is 20.1 Å². The molecular formula is C50H52N4O6Si. The Kier molecular flexibility index (Phi) is 10.7. The van der Waals surface area contributed by atoms with Crippen LogP contribution in [-0.2, 0) is 50.7 Å².